The van der Waals surface area contributed by atoms with Crippen molar-refractivity contribution in [1.29, 1.82) is 0 Å². The van der Waals surface area contributed by atoms with E-state index < -0.39 is 0 Å². The normalized spacial score (nSPS) is 10.2. The van der Waals surface area contributed by atoms with Crippen LogP contribution in [0, 0.1) is 0 Å². The number of hydrogen-bond donors (Lipinski definition) is 2. The maximum absolute atomic E-state index is 5.19. The summed E-state index contributed by atoms with van der Waals surface area (Å²) in [5, 5.41) is 3.99. The minimum absolute atomic E-state index is 0.156. The van der Waals surface area contributed by atoms with Crippen LogP contribution in [0.2, 0.25) is 0 Å². The number of rotatable bonds is 2. The van der Waals surface area contributed by atoms with E-state index in [4.69, 9.17) is 5.73 Å². The van der Waals surface area contributed by atoms with Gasteiger partial charge in [-0.1, -0.05) is 34.1 Å². The van der Waals surface area contributed by atoms with Crippen LogP contribution in [0.3, 0.4) is 0 Å². The quantitative estimate of drug-likeness (QED) is 0.481. The summed E-state index contributed by atoms with van der Waals surface area (Å²) < 4.78 is 0.975. The average Bonchev–Trinajstić information content (AvgIpc) is 2.08. The Bertz CT molecular complexity index is 338. The maximum atomic E-state index is 5.19. The lowest BCUT2D eigenvalue weighted by molar-refractivity contribution is 1.04. The highest BCUT2D eigenvalue weighted by atomic mass is 79.9. The fourth-order valence-corrected chi connectivity index (χ4v) is 1.19. The van der Waals surface area contributed by atoms with E-state index in [0.29, 0.717) is 0 Å². The smallest absolute Gasteiger partial charge is 0.184 e. The standard InChI is InChI=1S/C8H8BrN3S/c9-7-4-2-1-3-6(7)5-11-12-8(10)13/h1-5H,(H3,10,12,13)/b11-5-. The van der Waals surface area contributed by atoms with Gasteiger partial charge in [-0.25, -0.2) is 0 Å². The van der Waals surface area contributed by atoms with Crippen LogP contribution in [0.4, 0.5) is 0 Å². The zero-order valence-electron chi connectivity index (χ0n) is 6.70. The Hall–Kier alpha value is -0.940. The monoisotopic (exact) mass is 257 g/mol. The fraction of sp³-hybridized carbons (Fsp3) is 0. The van der Waals surface area contributed by atoms with Crippen LogP contribution in [0.25, 0.3) is 0 Å². The van der Waals surface area contributed by atoms with Gasteiger partial charge in [-0.05, 0) is 18.3 Å². The van der Waals surface area contributed by atoms with Crippen LogP contribution in [-0.4, -0.2) is 11.3 Å². The molecule has 3 N–H and O–H groups in total. The first-order valence-corrected chi connectivity index (χ1v) is 4.73. The average molecular weight is 258 g/mol. The van der Waals surface area contributed by atoms with Crippen molar-refractivity contribution in [2.24, 2.45) is 10.8 Å². The summed E-state index contributed by atoms with van der Waals surface area (Å²) >= 11 is 7.97. The molecule has 0 saturated carbocycles. The molecule has 0 aliphatic carbocycles. The molecule has 68 valence electrons. The van der Waals surface area contributed by atoms with Gasteiger partial charge in [-0.3, -0.25) is 5.43 Å². The van der Waals surface area contributed by atoms with E-state index in [1.165, 1.54) is 0 Å². The third-order valence-corrected chi connectivity index (χ3v) is 2.10. The van der Waals surface area contributed by atoms with E-state index in [2.05, 4.69) is 38.7 Å². The third-order valence-electron chi connectivity index (χ3n) is 1.28. The summed E-state index contributed by atoms with van der Waals surface area (Å²) in [6.07, 6.45) is 1.64. The van der Waals surface area contributed by atoms with Gasteiger partial charge in [0.2, 0.25) is 0 Å². The minimum Gasteiger partial charge on any atom is -0.375 e. The van der Waals surface area contributed by atoms with E-state index in [1.807, 2.05) is 24.3 Å². The predicted octanol–water partition coefficient (Wildman–Crippen LogP) is 1.62. The van der Waals surface area contributed by atoms with Gasteiger partial charge in [0.15, 0.2) is 5.11 Å². The van der Waals surface area contributed by atoms with Gasteiger partial charge in [0.05, 0.1) is 6.21 Å². The number of nitrogens with zero attached hydrogens (tertiary/aromatic N) is 1. The molecule has 13 heavy (non-hydrogen) atoms. The first-order valence-electron chi connectivity index (χ1n) is 3.53. The summed E-state index contributed by atoms with van der Waals surface area (Å²) in [5.74, 6) is 0. The van der Waals surface area contributed by atoms with E-state index in [1.54, 1.807) is 6.21 Å². The largest absolute Gasteiger partial charge is 0.375 e. The van der Waals surface area contributed by atoms with Crippen molar-refractivity contribution < 1.29 is 0 Å². The van der Waals surface area contributed by atoms with Gasteiger partial charge in [-0.2, -0.15) is 5.10 Å². The molecule has 1 aromatic rings. The molecule has 0 amide bonds. The highest BCUT2D eigenvalue weighted by Gasteiger charge is 1.92. The van der Waals surface area contributed by atoms with Crippen LogP contribution in [0.5, 0.6) is 0 Å². The second-order valence-corrected chi connectivity index (χ2v) is 3.55. The first kappa shape index (κ1) is 10.1. The molecule has 0 bridgehead atoms. The summed E-state index contributed by atoms with van der Waals surface area (Å²) in [6, 6.07) is 7.71. The Morgan fingerprint density at radius 2 is 2.23 bits per heavy atom. The van der Waals surface area contributed by atoms with Gasteiger partial charge < -0.3 is 5.73 Å². The van der Waals surface area contributed by atoms with Gasteiger partial charge in [-0.15, -0.1) is 0 Å². The molecule has 0 aliphatic rings. The maximum Gasteiger partial charge on any atom is 0.184 e. The molecule has 0 heterocycles. The zero-order valence-corrected chi connectivity index (χ0v) is 9.10. The summed E-state index contributed by atoms with van der Waals surface area (Å²) in [6.45, 7) is 0. The summed E-state index contributed by atoms with van der Waals surface area (Å²) in [5.41, 5.74) is 8.63. The van der Waals surface area contributed by atoms with Crippen LogP contribution >= 0.6 is 28.1 Å². The molecular formula is C8H8BrN3S. The minimum atomic E-state index is 0.156. The second kappa shape index (κ2) is 4.94. The third kappa shape index (κ3) is 3.52. The molecule has 0 atom stereocenters. The number of benzene rings is 1. The zero-order chi connectivity index (χ0) is 9.68. The van der Waals surface area contributed by atoms with Gasteiger partial charge in [0.25, 0.3) is 0 Å². The molecule has 0 unspecified atom stereocenters. The fourth-order valence-electron chi connectivity index (χ4n) is 0.745. The van der Waals surface area contributed by atoms with Crippen molar-refractivity contribution in [2.45, 2.75) is 0 Å². The molecule has 0 aliphatic heterocycles. The molecule has 0 fully saturated rings. The number of halogens is 1. The Labute approximate surface area is 90.1 Å². The van der Waals surface area contributed by atoms with Crippen molar-refractivity contribution >= 4 is 39.5 Å². The molecule has 1 aromatic carbocycles. The molecule has 0 saturated heterocycles. The number of nitrogens with one attached hydrogen (secondary N) is 1. The summed E-state index contributed by atoms with van der Waals surface area (Å²) in [7, 11) is 0. The highest BCUT2D eigenvalue weighted by molar-refractivity contribution is 9.10. The Balaban J connectivity index is 2.68. The number of hydrazone groups is 1. The molecule has 3 nitrogen and oxygen atoms in total. The lowest BCUT2D eigenvalue weighted by Crippen LogP contribution is -2.24. The van der Waals surface area contributed by atoms with Crippen molar-refractivity contribution in [2.75, 3.05) is 0 Å². The molecule has 1 rings (SSSR count). The molecule has 0 aromatic heterocycles. The van der Waals surface area contributed by atoms with Gasteiger partial charge in [0, 0.05) is 10.0 Å². The summed E-state index contributed by atoms with van der Waals surface area (Å²) in [4.78, 5) is 0. The van der Waals surface area contributed by atoms with Crippen LogP contribution in [0.15, 0.2) is 33.8 Å². The highest BCUT2D eigenvalue weighted by Crippen LogP contribution is 2.12. The van der Waals surface area contributed by atoms with Crippen LogP contribution < -0.4 is 11.2 Å². The molecule has 5 heteroatoms. The number of thiocarbonyl (C=S) groups is 1. The Morgan fingerprint density at radius 3 is 2.85 bits per heavy atom. The lowest BCUT2D eigenvalue weighted by Gasteiger charge is -1.96. The van der Waals surface area contributed by atoms with Crippen molar-refractivity contribution in [3.8, 4) is 0 Å². The van der Waals surface area contributed by atoms with Crippen molar-refractivity contribution in [3.05, 3.63) is 34.3 Å². The number of nitrogens with two attached hydrogens (primary N) is 1. The van der Waals surface area contributed by atoms with E-state index in [0.717, 1.165) is 10.0 Å². The molecule has 0 radical (unpaired) electrons. The topological polar surface area (TPSA) is 50.4 Å². The van der Waals surface area contributed by atoms with Gasteiger partial charge >= 0.3 is 0 Å². The van der Waals surface area contributed by atoms with E-state index in [9.17, 15) is 0 Å². The van der Waals surface area contributed by atoms with Gasteiger partial charge in [0.1, 0.15) is 0 Å². The van der Waals surface area contributed by atoms with Crippen LogP contribution in [0.1, 0.15) is 5.56 Å². The predicted molar refractivity (Wildman–Crippen MR) is 61.7 cm³/mol. The lowest BCUT2D eigenvalue weighted by atomic mass is 10.2. The SMILES string of the molecule is NC(=S)N/N=C\c1ccccc1Br. The Kier molecular flexibility index (Phi) is 3.85. The number of hydrogen-bond acceptors (Lipinski definition) is 2. The molecular weight excluding hydrogens is 250 g/mol. The first-order chi connectivity index (χ1) is 6.20. The van der Waals surface area contributed by atoms with E-state index in [-0.39, 0.29) is 5.11 Å². The second-order valence-electron chi connectivity index (χ2n) is 2.26. The van der Waals surface area contributed by atoms with Crippen molar-refractivity contribution in [3.63, 3.8) is 0 Å². The Morgan fingerprint density at radius 1 is 1.54 bits per heavy atom. The van der Waals surface area contributed by atoms with E-state index >= 15 is 0 Å². The van der Waals surface area contributed by atoms with Crippen LogP contribution in [-0.2, 0) is 0 Å². The molecule has 0 spiro atoms. The van der Waals surface area contributed by atoms with Crippen molar-refractivity contribution in [1.82, 2.24) is 5.43 Å².